The van der Waals surface area contributed by atoms with Gasteiger partial charge in [-0.1, -0.05) is 22.0 Å². The highest BCUT2D eigenvalue weighted by atomic mass is 79.9. The summed E-state index contributed by atoms with van der Waals surface area (Å²) in [6.45, 7) is 8.48. The van der Waals surface area contributed by atoms with Gasteiger partial charge in [0.2, 0.25) is 0 Å². The minimum absolute atomic E-state index is 0.313. The molecule has 0 bridgehead atoms. The van der Waals surface area contributed by atoms with Crippen LogP contribution in [0.1, 0.15) is 39.3 Å². The summed E-state index contributed by atoms with van der Waals surface area (Å²) in [7, 11) is 0. The zero-order valence-corrected chi connectivity index (χ0v) is 12.4. The molecule has 1 heterocycles. The van der Waals surface area contributed by atoms with Gasteiger partial charge in [-0.15, -0.1) is 0 Å². The molecule has 0 aliphatic heterocycles. The molecule has 2 aromatic rings. The van der Waals surface area contributed by atoms with E-state index in [9.17, 15) is 0 Å². The number of hydrogen-bond donors (Lipinski definition) is 1. The first kappa shape index (κ1) is 12.7. The number of benzene rings is 1. The molecule has 0 radical (unpaired) electrons. The monoisotopic (exact) mass is 294 g/mol. The quantitative estimate of drug-likeness (QED) is 0.885. The van der Waals surface area contributed by atoms with Crippen molar-refractivity contribution in [3.63, 3.8) is 0 Å². The maximum atomic E-state index is 6.25. The topological polar surface area (TPSA) is 30.9 Å². The number of nitrogens with two attached hydrogens (primary N) is 1. The molecule has 0 spiro atoms. The lowest BCUT2D eigenvalue weighted by atomic mass is 9.95. The fourth-order valence-electron chi connectivity index (χ4n) is 2.17. The van der Waals surface area contributed by atoms with Gasteiger partial charge in [0.1, 0.15) is 0 Å². The van der Waals surface area contributed by atoms with Crippen LogP contribution < -0.4 is 5.73 Å². The van der Waals surface area contributed by atoms with Crippen LogP contribution in [0.4, 0.5) is 0 Å². The Morgan fingerprint density at radius 1 is 1.29 bits per heavy atom. The van der Waals surface area contributed by atoms with E-state index in [1.54, 1.807) is 0 Å². The van der Waals surface area contributed by atoms with Crippen molar-refractivity contribution >= 4 is 26.8 Å². The predicted octanol–water partition coefficient (Wildman–Crippen LogP) is 4.18. The molecule has 17 heavy (non-hydrogen) atoms. The highest BCUT2D eigenvalue weighted by Gasteiger charge is 2.21. The molecule has 0 atom stereocenters. The summed E-state index contributed by atoms with van der Waals surface area (Å²) in [5, 5.41) is 1.24. The summed E-state index contributed by atoms with van der Waals surface area (Å²) in [5.74, 6) is 0. The molecule has 92 valence electrons. The Morgan fingerprint density at radius 3 is 2.47 bits per heavy atom. The summed E-state index contributed by atoms with van der Waals surface area (Å²) < 4.78 is 3.38. The van der Waals surface area contributed by atoms with Crippen molar-refractivity contribution in [1.29, 1.82) is 0 Å². The Hall–Kier alpha value is -0.800. The number of hydrogen-bond acceptors (Lipinski definition) is 1. The number of nitrogens with zero attached hydrogens (tertiary/aromatic N) is 1. The average Bonchev–Trinajstić information content (AvgIpc) is 2.55. The van der Waals surface area contributed by atoms with Crippen LogP contribution in [0.15, 0.2) is 28.9 Å². The molecule has 1 aromatic carbocycles. The van der Waals surface area contributed by atoms with Crippen LogP contribution in [0.5, 0.6) is 0 Å². The van der Waals surface area contributed by atoms with Gasteiger partial charge >= 0.3 is 0 Å². The largest absolute Gasteiger partial charge is 0.345 e. The van der Waals surface area contributed by atoms with Crippen LogP contribution in [0, 0.1) is 0 Å². The smallest absolute Gasteiger partial charge is 0.0497 e. The third-order valence-corrected chi connectivity index (χ3v) is 3.54. The lowest BCUT2D eigenvalue weighted by Crippen LogP contribution is -2.28. The zero-order chi connectivity index (χ0) is 12.8. The van der Waals surface area contributed by atoms with Crippen LogP contribution >= 0.6 is 15.9 Å². The second-order valence-corrected chi connectivity index (χ2v) is 6.34. The lowest BCUT2D eigenvalue weighted by Gasteiger charge is -2.17. The predicted molar refractivity (Wildman–Crippen MR) is 77.2 cm³/mol. The average molecular weight is 295 g/mol. The van der Waals surface area contributed by atoms with Crippen molar-refractivity contribution in [1.82, 2.24) is 4.57 Å². The van der Waals surface area contributed by atoms with E-state index in [1.165, 1.54) is 16.5 Å². The van der Waals surface area contributed by atoms with Crippen LogP contribution in [-0.4, -0.2) is 4.57 Å². The fraction of sp³-hybridized carbons (Fsp3) is 0.429. The standard InChI is InChI=1S/C14H19BrN2/c1-9(2)17-8-12(14(3,4)16)11-6-5-10(15)7-13(11)17/h5-9H,16H2,1-4H3. The van der Waals surface area contributed by atoms with E-state index in [-0.39, 0.29) is 5.54 Å². The van der Waals surface area contributed by atoms with Crippen molar-refractivity contribution in [3.05, 3.63) is 34.4 Å². The summed E-state index contributed by atoms with van der Waals surface area (Å²) >= 11 is 3.53. The molecule has 0 unspecified atom stereocenters. The number of aromatic nitrogens is 1. The minimum Gasteiger partial charge on any atom is -0.345 e. The Morgan fingerprint density at radius 2 is 1.94 bits per heavy atom. The first-order chi connectivity index (χ1) is 7.80. The summed E-state index contributed by atoms with van der Waals surface area (Å²) in [6, 6.07) is 6.80. The van der Waals surface area contributed by atoms with E-state index in [2.05, 4.69) is 72.6 Å². The Balaban J connectivity index is 2.80. The Labute approximate surface area is 111 Å². The van der Waals surface area contributed by atoms with Crippen molar-refractivity contribution in [2.75, 3.05) is 0 Å². The summed E-state index contributed by atoms with van der Waals surface area (Å²) in [4.78, 5) is 0. The van der Waals surface area contributed by atoms with E-state index in [1.807, 2.05) is 0 Å². The van der Waals surface area contributed by atoms with Gasteiger partial charge in [0.15, 0.2) is 0 Å². The maximum absolute atomic E-state index is 6.25. The second kappa shape index (κ2) is 4.14. The molecule has 0 saturated carbocycles. The lowest BCUT2D eigenvalue weighted by molar-refractivity contribution is 0.549. The molecule has 2 nitrogen and oxygen atoms in total. The van der Waals surface area contributed by atoms with E-state index in [0.29, 0.717) is 6.04 Å². The van der Waals surface area contributed by atoms with Gasteiger partial charge in [0.05, 0.1) is 0 Å². The maximum Gasteiger partial charge on any atom is 0.0497 e. The first-order valence-corrected chi connectivity index (χ1v) is 6.69. The van der Waals surface area contributed by atoms with E-state index in [0.717, 1.165) is 4.47 Å². The van der Waals surface area contributed by atoms with Crippen LogP contribution in [0.3, 0.4) is 0 Å². The van der Waals surface area contributed by atoms with Crippen LogP contribution in [0.25, 0.3) is 10.9 Å². The fourth-order valence-corrected chi connectivity index (χ4v) is 2.51. The van der Waals surface area contributed by atoms with Crippen LogP contribution in [0.2, 0.25) is 0 Å². The van der Waals surface area contributed by atoms with Gasteiger partial charge in [-0.25, -0.2) is 0 Å². The first-order valence-electron chi connectivity index (χ1n) is 5.90. The van der Waals surface area contributed by atoms with E-state index >= 15 is 0 Å². The molecule has 0 amide bonds. The van der Waals surface area contributed by atoms with E-state index < -0.39 is 0 Å². The van der Waals surface area contributed by atoms with Crippen LogP contribution in [-0.2, 0) is 5.54 Å². The van der Waals surface area contributed by atoms with Crippen molar-refractivity contribution in [2.24, 2.45) is 5.73 Å². The van der Waals surface area contributed by atoms with Crippen molar-refractivity contribution < 1.29 is 0 Å². The SMILES string of the molecule is CC(C)n1cc(C(C)(C)N)c2ccc(Br)cc21. The number of rotatable bonds is 2. The molecule has 0 fully saturated rings. The molecule has 0 aliphatic carbocycles. The number of fused-ring (bicyclic) bond motifs is 1. The number of halogens is 1. The molecule has 2 N–H and O–H groups in total. The van der Waals surface area contributed by atoms with Gasteiger partial charge in [-0.05, 0) is 45.4 Å². The van der Waals surface area contributed by atoms with Gasteiger partial charge < -0.3 is 10.3 Å². The summed E-state index contributed by atoms with van der Waals surface area (Å²) in [5.41, 5.74) is 8.38. The molecule has 2 rings (SSSR count). The Bertz CT molecular complexity index is 547. The minimum atomic E-state index is -0.313. The third kappa shape index (κ3) is 2.26. The highest BCUT2D eigenvalue weighted by Crippen LogP contribution is 2.32. The zero-order valence-electron chi connectivity index (χ0n) is 10.8. The molecule has 1 aromatic heterocycles. The van der Waals surface area contributed by atoms with Gasteiger partial charge in [-0.3, -0.25) is 0 Å². The molecular weight excluding hydrogens is 276 g/mol. The summed E-state index contributed by atoms with van der Waals surface area (Å²) in [6.07, 6.45) is 2.18. The Kier molecular flexibility index (Phi) is 3.08. The molecule has 0 aliphatic rings. The normalized spacial score (nSPS) is 12.6. The third-order valence-electron chi connectivity index (χ3n) is 3.05. The highest BCUT2D eigenvalue weighted by molar-refractivity contribution is 9.10. The molecular formula is C14H19BrN2. The van der Waals surface area contributed by atoms with Gasteiger partial charge in [0.25, 0.3) is 0 Å². The van der Waals surface area contributed by atoms with Crippen molar-refractivity contribution in [2.45, 2.75) is 39.3 Å². The molecule has 0 saturated heterocycles. The molecule has 3 heteroatoms. The van der Waals surface area contributed by atoms with Gasteiger partial charge in [0, 0.05) is 33.2 Å². The van der Waals surface area contributed by atoms with Gasteiger partial charge in [-0.2, -0.15) is 0 Å². The van der Waals surface area contributed by atoms with E-state index in [4.69, 9.17) is 5.73 Å². The van der Waals surface area contributed by atoms with Crippen molar-refractivity contribution in [3.8, 4) is 0 Å². The second-order valence-electron chi connectivity index (χ2n) is 5.43.